The largest absolute Gasteiger partial charge is 0.493 e. The Labute approximate surface area is 179 Å². The van der Waals surface area contributed by atoms with Crippen LogP contribution in [0.1, 0.15) is 22.1 Å². The minimum Gasteiger partial charge on any atom is -0.493 e. The lowest BCUT2D eigenvalue weighted by molar-refractivity contribution is 0.0993. The van der Waals surface area contributed by atoms with Crippen LogP contribution in [0.3, 0.4) is 0 Å². The van der Waals surface area contributed by atoms with E-state index in [0.717, 1.165) is 16.9 Å². The number of halogens is 1. The number of rotatable bonds is 6. The number of fused-ring (bicyclic) bond motifs is 1. The molecule has 1 amide bonds. The third kappa shape index (κ3) is 3.39. The predicted molar refractivity (Wildman–Crippen MR) is 117 cm³/mol. The summed E-state index contributed by atoms with van der Waals surface area (Å²) in [5, 5.41) is 4.06. The molecule has 0 radical (unpaired) electrons. The van der Waals surface area contributed by atoms with E-state index in [4.69, 9.17) is 25.8 Å². The number of amides is 1. The standard InChI is InChI=1S/C23H21ClN2O4/c1-28-19-12-15(13-20(29-2)21(19)30-3)25-22-17-6-4-5-7-18(17)23(27)26(22)16-10-8-14(24)9-11-16/h4-13,22,25H,1-3H3/t22-/m0/s1. The lowest BCUT2D eigenvalue weighted by atomic mass is 10.1. The molecule has 0 aromatic heterocycles. The van der Waals surface area contributed by atoms with Crippen LogP contribution in [0.25, 0.3) is 0 Å². The zero-order chi connectivity index (χ0) is 21.3. The molecule has 4 rings (SSSR count). The first-order valence-corrected chi connectivity index (χ1v) is 9.69. The van der Waals surface area contributed by atoms with Crippen LogP contribution in [0.2, 0.25) is 5.02 Å². The highest BCUT2D eigenvalue weighted by molar-refractivity contribution is 6.30. The van der Waals surface area contributed by atoms with E-state index in [9.17, 15) is 4.79 Å². The summed E-state index contributed by atoms with van der Waals surface area (Å²) in [6.45, 7) is 0. The number of methoxy groups -OCH3 is 3. The van der Waals surface area contributed by atoms with Crippen LogP contribution in [0, 0.1) is 0 Å². The number of ether oxygens (including phenoxy) is 3. The fourth-order valence-corrected chi connectivity index (χ4v) is 3.77. The summed E-state index contributed by atoms with van der Waals surface area (Å²) >= 11 is 6.05. The van der Waals surface area contributed by atoms with Crippen molar-refractivity contribution in [3.05, 3.63) is 76.8 Å². The summed E-state index contributed by atoms with van der Waals surface area (Å²) in [4.78, 5) is 14.9. The molecule has 0 fully saturated rings. The van der Waals surface area contributed by atoms with Crippen molar-refractivity contribution in [3.63, 3.8) is 0 Å². The monoisotopic (exact) mass is 424 g/mol. The van der Waals surface area contributed by atoms with Crippen molar-refractivity contribution in [2.75, 3.05) is 31.5 Å². The van der Waals surface area contributed by atoms with Crippen LogP contribution >= 0.6 is 11.6 Å². The molecule has 1 aliphatic rings. The van der Waals surface area contributed by atoms with E-state index in [2.05, 4.69) is 5.32 Å². The van der Waals surface area contributed by atoms with E-state index in [1.807, 2.05) is 48.5 Å². The van der Waals surface area contributed by atoms with E-state index in [1.165, 1.54) is 0 Å². The van der Waals surface area contributed by atoms with Crippen LogP contribution in [-0.4, -0.2) is 27.2 Å². The van der Waals surface area contributed by atoms with Crippen molar-refractivity contribution >= 4 is 28.9 Å². The second kappa shape index (κ2) is 8.16. The maximum absolute atomic E-state index is 13.2. The number of hydrogen-bond acceptors (Lipinski definition) is 5. The summed E-state index contributed by atoms with van der Waals surface area (Å²) in [7, 11) is 4.69. The molecule has 1 aliphatic heterocycles. The maximum Gasteiger partial charge on any atom is 0.260 e. The van der Waals surface area contributed by atoms with Crippen molar-refractivity contribution in [1.29, 1.82) is 0 Å². The van der Waals surface area contributed by atoms with Crippen molar-refractivity contribution in [2.24, 2.45) is 0 Å². The minimum absolute atomic E-state index is 0.0853. The number of nitrogens with one attached hydrogen (secondary N) is 1. The Morgan fingerprint density at radius 3 is 2.13 bits per heavy atom. The molecule has 0 bridgehead atoms. The topological polar surface area (TPSA) is 60.0 Å². The molecule has 154 valence electrons. The van der Waals surface area contributed by atoms with E-state index in [1.54, 1.807) is 38.4 Å². The number of benzene rings is 3. The summed E-state index contributed by atoms with van der Waals surface area (Å²) < 4.78 is 16.3. The normalized spacial score (nSPS) is 15.0. The van der Waals surface area contributed by atoms with E-state index in [0.29, 0.717) is 27.8 Å². The molecule has 0 saturated heterocycles. The lowest BCUT2D eigenvalue weighted by Crippen LogP contribution is -2.32. The molecule has 0 aliphatic carbocycles. The third-order valence-electron chi connectivity index (χ3n) is 5.04. The van der Waals surface area contributed by atoms with Crippen LogP contribution in [-0.2, 0) is 0 Å². The van der Waals surface area contributed by atoms with Gasteiger partial charge in [0.1, 0.15) is 6.17 Å². The van der Waals surface area contributed by atoms with E-state index < -0.39 is 6.17 Å². The van der Waals surface area contributed by atoms with Gasteiger partial charge in [0, 0.05) is 39.7 Å². The van der Waals surface area contributed by atoms with Crippen LogP contribution in [0.4, 0.5) is 11.4 Å². The van der Waals surface area contributed by atoms with Crippen molar-refractivity contribution in [1.82, 2.24) is 0 Å². The van der Waals surface area contributed by atoms with E-state index in [-0.39, 0.29) is 5.91 Å². The highest BCUT2D eigenvalue weighted by Crippen LogP contribution is 2.43. The smallest absolute Gasteiger partial charge is 0.260 e. The van der Waals surface area contributed by atoms with Gasteiger partial charge in [-0.1, -0.05) is 29.8 Å². The Morgan fingerprint density at radius 1 is 0.900 bits per heavy atom. The second-order valence-electron chi connectivity index (χ2n) is 6.70. The Kier molecular flexibility index (Phi) is 5.42. The Balaban J connectivity index is 1.79. The zero-order valence-corrected chi connectivity index (χ0v) is 17.6. The predicted octanol–water partition coefficient (Wildman–Crippen LogP) is 5.14. The highest BCUT2D eigenvalue weighted by Gasteiger charge is 2.37. The molecule has 3 aromatic carbocycles. The van der Waals surface area contributed by atoms with Crippen LogP contribution in [0.5, 0.6) is 17.2 Å². The first kappa shape index (κ1) is 19.9. The lowest BCUT2D eigenvalue weighted by Gasteiger charge is -2.28. The van der Waals surface area contributed by atoms with Gasteiger partial charge in [-0.05, 0) is 30.3 Å². The molecular formula is C23H21ClN2O4. The molecule has 3 aromatic rings. The maximum atomic E-state index is 13.2. The summed E-state index contributed by atoms with van der Waals surface area (Å²) in [5.74, 6) is 1.46. The SMILES string of the molecule is COc1cc(N[C@@H]2c3ccccc3C(=O)N2c2ccc(Cl)cc2)cc(OC)c1OC. The first-order valence-electron chi connectivity index (χ1n) is 9.32. The Hall–Kier alpha value is -3.38. The molecule has 0 spiro atoms. The zero-order valence-electron chi connectivity index (χ0n) is 16.8. The molecule has 0 saturated carbocycles. The number of carbonyl (C=O) groups excluding carboxylic acids is 1. The average Bonchev–Trinajstić information content (AvgIpc) is 3.05. The molecule has 1 atom stereocenters. The fourth-order valence-electron chi connectivity index (χ4n) is 3.65. The van der Waals surface area contributed by atoms with Gasteiger partial charge in [0.15, 0.2) is 11.5 Å². The Bertz CT molecular complexity index is 1060. The quantitative estimate of drug-likeness (QED) is 0.594. The van der Waals surface area contributed by atoms with Crippen LogP contribution in [0.15, 0.2) is 60.7 Å². The van der Waals surface area contributed by atoms with Crippen molar-refractivity contribution in [2.45, 2.75) is 6.17 Å². The molecule has 6 nitrogen and oxygen atoms in total. The van der Waals surface area contributed by atoms with Gasteiger partial charge in [0.25, 0.3) is 5.91 Å². The summed E-state index contributed by atoms with van der Waals surface area (Å²) in [5.41, 5.74) is 2.99. The average molecular weight is 425 g/mol. The van der Waals surface area contributed by atoms with Crippen molar-refractivity contribution < 1.29 is 19.0 Å². The molecule has 0 unspecified atom stereocenters. The molecule has 1 N–H and O–H groups in total. The van der Waals surface area contributed by atoms with Gasteiger partial charge in [-0.25, -0.2) is 0 Å². The Morgan fingerprint density at radius 2 is 1.53 bits per heavy atom. The number of carbonyl (C=O) groups is 1. The van der Waals surface area contributed by atoms with Crippen LogP contribution < -0.4 is 24.4 Å². The van der Waals surface area contributed by atoms with Gasteiger partial charge in [0.2, 0.25) is 5.75 Å². The van der Waals surface area contributed by atoms with Gasteiger partial charge < -0.3 is 19.5 Å². The molecule has 7 heteroatoms. The molecule has 30 heavy (non-hydrogen) atoms. The second-order valence-corrected chi connectivity index (χ2v) is 7.14. The van der Waals surface area contributed by atoms with Gasteiger partial charge in [-0.2, -0.15) is 0 Å². The fraction of sp³-hybridized carbons (Fsp3) is 0.174. The first-order chi connectivity index (χ1) is 14.6. The van der Waals surface area contributed by atoms with Crippen molar-refractivity contribution in [3.8, 4) is 17.2 Å². The van der Waals surface area contributed by atoms with Gasteiger partial charge in [-0.15, -0.1) is 0 Å². The highest BCUT2D eigenvalue weighted by atomic mass is 35.5. The number of nitrogens with zero attached hydrogens (tertiary/aromatic N) is 1. The van der Waals surface area contributed by atoms with E-state index >= 15 is 0 Å². The molecular weight excluding hydrogens is 404 g/mol. The van der Waals surface area contributed by atoms with Gasteiger partial charge in [0.05, 0.1) is 21.3 Å². The van der Waals surface area contributed by atoms with Gasteiger partial charge >= 0.3 is 0 Å². The molecule has 1 heterocycles. The number of hydrogen-bond donors (Lipinski definition) is 1. The van der Waals surface area contributed by atoms with Gasteiger partial charge in [-0.3, -0.25) is 9.69 Å². The minimum atomic E-state index is -0.419. The number of anilines is 2. The summed E-state index contributed by atoms with van der Waals surface area (Å²) in [6, 6.07) is 18.4. The summed E-state index contributed by atoms with van der Waals surface area (Å²) in [6.07, 6.45) is -0.419. The third-order valence-corrected chi connectivity index (χ3v) is 5.29.